The molecule has 0 spiro atoms. The van der Waals surface area contributed by atoms with Gasteiger partial charge in [0.2, 0.25) is 0 Å². The van der Waals surface area contributed by atoms with Crippen LogP contribution in [0.15, 0.2) is 237 Å². The van der Waals surface area contributed by atoms with Crippen molar-refractivity contribution in [3.05, 3.63) is 248 Å². The predicted molar refractivity (Wildman–Crippen MR) is 308 cm³/mol. The van der Waals surface area contributed by atoms with Gasteiger partial charge in [-0.15, -0.1) is 22.7 Å². The second-order valence-electron chi connectivity index (χ2n) is 18.4. The molecule has 0 saturated carbocycles. The first kappa shape index (κ1) is 42.4. The standard InChI is InChI=1S/C66H39N5S2/c67-40-42-14-21-48(22-15-42)69(53-29-32-58-56-10-4-6-12-63(56)72-65(58)38-53)51-27-20-46-35-60-55-31-28-52(37-62(55)71(61(60)36-47(46)34-51)50-25-18-45(19-26-50)44-8-2-1-3-9-44)70(49-23-16-43(41-68)17-24-49)54-30-33-59-57-11-5-7-13-64(57)73-66(59)39-54/h1-39H. The van der Waals surface area contributed by atoms with Crippen molar-refractivity contribution in [2.24, 2.45) is 0 Å². The molecule has 14 aromatic rings. The first-order valence-corrected chi connectivity index (χ1v) is 25.8. The predicted octanol–water partition coefficient (Wildman–Crippen LogP) is 19.0. The van der Waals surface area contributed by atoms with Crippen molar-refractivity contribution in [3.8, 4) is 29.0 Å². The van der Waals surface area contributed by atoms with E-state index in [0.29, 0.717) is 11.1 Å². The second-order valence-corrected chi connectivity index (χ2v) is 20.6. The summed E-state index contributed by atoms with van der Waals surface area (Å²) in [6, 6.07) is 88.8. The summed E-state index contributed by atoms with van der Waals surface area (Å²) < 4.78 is 7.38. The van der Waals surface area contributed by atoms with Gasteiger partial charge in [-0.25, -0.2) is 0 Å². The zero-order chi connectivity index (χ0) is 48.6. The van der Waals surface area contributed by atoms with Crippen LogP contribution in [0.5, 0.6) is 0 Å². The second kappa shape index (κ2) is 17.1. The van der Waals surface area contributed by atoms with E-state index in [1.54, 1.807) is 0 Å². The summed E-state index contributed by atoms with van der Waals surface area (Å²) in [5.41, 5.74) is 12.8. The third-order valence-corrected chi connectivity index (χ3v) is 16.5. The quantitative estimate of drug-likeness (QED) is 0.152. The van der Waals surface area contributed by atoms with Gasteiger partial charge in [0.1, 0.15) is 0 Å². The van der Waals surface area contributed by atoms with Crippen molar-refractivity contribution in [2.75, 3.05) is 9.80 Å². The lowest BCUT2D eigenvalue weighted by molar-refractivity contribution is 1.18. The molecule has 0 aliphatic carbocycles. The summed E-state index contributed by atoms with van der Waals surface area (Å²) in [4.78, 5) is 4.61. The summed E-state index contributed by atoms with van der Waals surface area (Å²) in [5.74, 6) is 0. The van der Waals surface area contributed by atoms with Gasteiger partial charge in [0.15, 0.2) is 0 Å². The molecule has 0 aliphatic rings. The average Bonchev–Trinajstić information content (AvgIpc) is 4.12. The zero-order valence-electron chi connectivity index (χ0n) is 39.1. The van der Waals surface area contributed by atoms with Crippen LogP contribution >= 0.6 is 22.7 Å². The van der Waals surface area contributed by atoms with Gasteiger partial charge in [-0.3, -0.25) is 0 Å². The molecular weight excluding hydrogens is 927 g/mol. The topological polar surface area (TPSA) is 59.0 Å². The van der Waals surface area contributed by atoms with Crippen LogP contribution in [0, 0.1) is 22.7 Å². The number of benzene rings is 11. The molecule has 340 valence electrons. The van der Waals surface area contributed by atoms with E-state index in [1.165, 1.54) is 45.9 Å². The van der Waals surface area contributed by atoms with Crippen molar-refractivity contribution in [3.63, 3.8) is 0 Å². The number of thiophene rings is 2. The molecule has 3 heterocycles. The third kappa shape index (κ3) is 7.18. The first-order chi connectivity index (χ1) is 36.0. The molecule has 0 bridgehead atoms. The van der Waals surface area contributed by atoms with Crippen LogP contribution < -0.4 is 9.80 Å². The molecule has 0 aliphatic heterocycles. The van der Waals surface area contributed by atoms with E-state index >= 15 is 0 Å². The van der Waals surface area contributed by atoms with Crippen molar-refractivity contribution < 1.29 is 0 Å². The minimum atomic E-state index is 0.616. The number of hydrogen-bond acceptors (Lipinski definition) is 6. The first-order valence-electron chi connectivity index (χ1n) is 24.2. The largest absolute Gasteiger partial charge is 0.310 e. The molecule has 14 rings (SSSR count). The Morgan fingerprint density at radius 3 is 1.34 bits per heavy atom. The molecule has 5 nitrogen and oxygen atoms in total. The summed E-state index contributed by atoms with van der Waals surface area (Å²) in [6.07, 6.45) is 0. The molecule has 0 saturated heterocycles. The van der Waals surface area contributed by atoms with Gasteiger partial charge in [-0.2, -0.15) is 10.5 Å². The molecule has 0 N–H and O–H groups in total. The Bertz CT molecular complexity index is 4570. The van der Waals surface area contributed by atoms with Gasteiger partial charge in [-0.05, 0) is 155 Å². The van der Waals surface area contributed by atoms with E-state index in [0.717, 1.165) is 78.0 Å². The van der Waals surface area contributed by atoms with E-state index in [4.69, 9.17) is 0 Å². The molecule has 0 unspecified atom stereocenters. The number of anilines is 6. The van der Waals surface area contributed by atoms with E-state index in [-0.39, 0.29) is 0 Å². The highest BCUT2D eigenvalue weighted by atomic mass is 32.1. The number of aromatic nitrogens is 1. The summed E-state index contributed by atoms with van der Waals surface area (Å²) in [6.45, 7) is 0. The normalized spacial score (nSPS) is 11.5. The minimum absolute atomic E-state index is 0.616. The Morgan fingerprint density at radius 1 is 0.315 bits per heavy atom. The number of nitrogens with zero attached hydrogens (tertiary/aromatic N) is 5. The Balaban J connectivity index is 0.971. The van der Waals surface area contributed by atoms with E-state index in [9.17, 15) is 10.5 Å². The van der Waals surface area contributed by atoms with Gasteiger partial charge >= 0.3 is 0 Å². The van der Waals surface area contributed by atoms with Crippen LogP contribution in [-0.4, -0.2) is 4.57 Å². The highest BCUT2D eigenvalue weighted by Crippen LogP contribution is 2.45. The number of nitriles is 2. The zero-order valence-corrected chi connectivity index (χ0v) is 40.7. The van der Waals surface area contributed by atoms with Crippen molar-refractivity contribution in [1.82, 2.24) is 4.57 Å². The smallest absolute Gasteiger partial charge is 0.0991 e. The van der Waals surface area contributed by atoms with Crippen molar-refractivity contribution in [2.45, 2.75) is 0 Å². The number of fused-ring (bicyclic) bond motifs is 10. The number of hydrogen-bond donors (Lipinski definition) is 0. The van der Waals surface area contributed by atoms with E-state index in [1.807, 2.05) is 71.2 Å². The molecule has 0 amide bonds. The fourth-order valence-electron chi connectivity index (χ4n) is 10.7. The van der Waals surface area contributed by atoms with Crippen molar-refractivity contribution >= 4 is 130 Å². The highest BCUT2D eigenvalue weighted by Gasteiger charge is 2.21. The van der Waals surface area contributed by atoms with Gasteiger partial charge in [-0.1, -0.05) is 103 Å². The van der Waals surface area contributed by atoms with Gasteiger partial charge in [0.05, 0.1) is 34.3 Å². The van der Waals surface area contributed by atoms with Crippen LogP contribution in [0.1, 0.15) is 11.1 Å². The average molecular weight is 966 g/mol. The van der Waals surface area contributed by atoms with Gasteiger partial charge in [0, 0.05) is 90.9 Å². The maximum absolute atomic E-state index is 9.81. The summed E-state index contributed by atoms with van der Waals surface area (Å²) >= 11 is 3.62. The van der Waals surface area contributed by atoms with Crippen LogP contribution in [-0.2, 0) is 0 Å². The molecule has 0 radical (unpaired) electrons. The molecule has 7 heteroatoms. The van der Waals surface area contributed by atoms with Crippen LogP contribution in [0.4, 0.5) is 34.1 Å². The van der Waals surface area contributed by atoms with E-state index in [2.05, 4.69) is 215 Å². The molecule has 73 heavy (non-hydrogen) atoms. The Kier molecular flexibility index (Phi) is 9.94. The Hall–Kier alpha value is -9.50. The minimum Gasteiger partial charge on any atom is -0.310 e. The lowest BCUT2D eigenvalue weighted by atomic mass is 10.0. The van der Waals surface area contributed by atoms with Crippen LogP contribution in [0.3, 0.4) is 0 Å². The fraction of sp³-hybridized carbons (Fsp3) is 0. The van der Waals surface area contributed by atoms with Gasteiger partial charge in [0.25, 0.3) is 0 Å². The molecule has 3 aromatic heterocycles. The summed E-state index contributed by atoms with van der Waals surface area (Å²) in [7, 11) is 0. The monoisotopic (exact) mass is 965 g/mol. The Morgan fingerprint density at radius 2 is 0.767 bits per heavy atom. The lowest BCUT2D eigenvalue weighted by Gasteiger charge is -2.26. The SMILES string of the molecule is N#Cc1ccc(N(c2ccc3cc4c5ccc(N(c6ccc(C#N)cc6)c6ccc7c(c6)sc6ccccc67)cc5n(-c5ccc(-c6ccccc6)cc5)c4cc3c2)c2ccc3c(c2)sc2ccccc23)cc1. The molecular formula is C66H39N5S2. The van der Waals surface area contributed by atoms with Crippen LogP contribution in [0.2, 0.25) is 0 Å². The molecule has 0 atom stereocenters. The van der Waals surface area contributed by atoms with Crippen LogP contribution in [0.25, 0.3) is 89.7 Å². The third-order valence-electron chi connectivity index (χ3n) is 14.2. The maximum Gasteiger partial charge on any atom is 0.0991 e. The summed E-state index contributed by atoms with van der Waals surface area (Å²) in [5, 5.41) is 29.1. The fourth-order valence-corrected chi connectivity index (χ4v) is 13.0. The van der Waals surface area contributed by atoms with E-state index < -0.39 is 0 Å². The van der Waals surface area contributed by atoms with Gasteiger partial charge < -0.3 is 14.4 Å². The number of rotatable bonds is 8. The molecule has 11 aromatic carbocycles. The maximum atomic E-state index is 9.81. The highest BCUT2D eigenvalue weighted by molar-refractivity contribution is 7.26. The van der Waals surface area contributed by atoms with Crippen molar-refractivity contribution in [1.29, 1.82) is 10.5 Å². The lowest BCUT2D eigenvalue weighted by Crippen LogP contribution is -2.10. The Labute approximate surface area is 428 Å². The molecule has 0 fully saturated rings.